The fraction of sp³-hybridized carbons (Fsp3) is 0.188. The zero-order valence-electron chi connectivity index (χ0n) is 11.0. The molecule has 1 aromatic carbocycles. The van der Waals surface area contributed by atoms with E-state index in [9.17, 15) is 0 Å². The van der Waals surface area contributed by atoms with Crippen molar-refractivity contribution in [3.8, 4) is 6.07 Å². The van der Waals surface area contributed by atoms with E-state index in [0.717, 1.165) is 16.8 Å². The number of hydrogen-bond acceptors (Lipinski definition) is 3. The van der Waals surface area contributed by atoms with Crippen LogP contribution >= 0.6 is 11.6 Å². The molecule has 1 aromatic heterocycles. The van der Waals surface area contributed by atoms with Gasteiger partial charge in [-0.15, -0.1) is 0 Å². The molecule has 0 unspecified atom stereocenters. The maximum Gasteiger partial charge on any atom is 0.0658 e. The molecular formula is C16H14ClN3. The van der Waals surface area contributed by atoms with E-state index in [1.54, 1.807) is 12.4 Å². The molecule has 0 aliphatic carbocycles. The van der Waals surface area contributed by atoms with Crippen LogP contribution in [0.5, 0.6) is 0 Å². The number of halogens is 1. The van der Waals surface area contributed by atoms with Crippen LogP contribution in [0.1, 0.15) is 24.0 Å². The predicted molar refractivity (Wildman–Crippen MR) is 80.8 cm³/mol. The molecule has 100 valence electrons. The van der Waals surface area contributed by atoms with Gasteiger partial charge in [0.25, 0.3) is 0 Å². The van der Waals surface area contributed by atoms with Crippen LogP contribution in [-0.2, 0) is 6.54 Å². The zero-order valence-corrected chi connectivity index (χ0v) is 11.7. The maximum absolute atomic E-state index is 8.77. The highest BCUT2D eigenvalue weighted by Crippen LogP contribution is 2.18. The summed E-state index contributed by atoms with van der Waals surface area (Å²) in [6, 6.07) is 13.6. The summed E-state index contributed by atoms with van der Waals surface area (Å²) in [5, 5.41) is 9.43. The Kier molecular flexibility index (Phi) is 5.28. The first kappa shape index (κ1) is 14.2. The fourth-order valence-electron chi connectivity index (χ4n) is 1.85. The summed E-state index contributed by atoms with van der Waals surface area (Å²) < 4.78 is 0. The van der Waals surface area contributed by atoms with Crippen LogP contribution in [-0.4, -0.2) is 10.7 Å². The van der Waals surface area contributed by atoms with Crippen molar-refractivity contribution in [2.24, 2.45) is 4.99 Å². The van der Waals surface area contributed by atoms with Gasteiger partial charge in [-0.05, 0) is 17.7 Å². The molecular weight excluding hydrogens is 270 g/mol. The summed E-state index contributed by atoms with van der Waals surface area (Å²) in [7, 11) is 0. The number of rotatable bonds is 5. The molecule has 0 radical (unpaired) electrons. The van der Waals surface area contributed by atoms with Gasteiger partial charge in [0.05, 0.1) is 12.6 Å². The SMILES string of the molecule is N#CCC/C(=N\Cc1cccnc1)c1ccccc1Cl. The molecule has 0 aliphatic rings. The van der Waals surface area contributed by atoms with E-state index in [-0.39, 0.29) is 0 Å². The lowest BCUT2D eigenvalue weighted by Gasteiger charge is -2.07. The van der Waals surface area contributed by atoms with Crippen molar-refractivity contribution >= 4 is 17.3 Å². The molecule has 0 spiro atoms. The van der Waals surface area contributed by atoms with E-state index < -0.39 is 0 Å². The van der Waals surface area contributed by atoms with Crippen molar-refractivity contribution in [2.75, 3.05) is 0 Å². The minimum Gasteiger partial charge on any atom is -0.284 e. The topological polar surface area (TPSA) is 49.0 Å². The van der Waals surface area contributed by atoms with Crippen LogP contribution in [0.3, 0.4) is 0 Å². The Bertz CT molecular complexity index is 630. The third-order valence-corrected chi connectivity index (χ3v) is 3.16. The number of pyridine rings is 1. The van der Waals surface area contributed by atoms with Crippen molar-refractivity contribution in [1.82, 2.24) is 4.98 Å². The van der Waals surface area contributed by atoms with E-state index in [1.165, 1.54) is 0 Å². The standard InChI is InChI=1S/C16H14ClN3/c17-15-7-2-1-6-14(15)16(8-3-9-18)20-12-13-5-4-10-19-11-13/h1-2,4-7,10-11H,3,8,12H2/b20-16+. The van der Waals surface area contributed by atoms with Gasteiger partial charge in [0, 0.05) is 41.5 Å². The normalized spacial score (nSPS) is 11.1. The Hall–Kier alpha value is -2.18. The van der Waals surface area contributed by atoms with Crippen molar-refractivity contribution < 1.29 is 0 Å². The average molecular weight is 284 g/mol. The van der Waals surface area contributed by atoms with Crippen LogP contribution in [0.25, 0.3) is 0 Å². The number of aliphatic imine (C=N–C) groups is 1. The van der Waals surface area contributed by atoms with Crippen molar-refractivity contribution in [2.45, 2.75) is 19.4 Å². The van der Waals surface area contributed by atoms with Crippen LogP contribution in [0.15, 0.2) is 53.8 Å². The molecule has 0 saturated heterocycles. The van der Waals surface area contributed by atoms with Gasteiger partial charge in [-0.1, -0.05) is 35.9 Å². The minimum atomic E-state index is 0.428. The first-order valence-corrected chi connectivity index (χ1v) is 6.73. The highest BCUT2D eigenvalue weighted by molar-refractivity contribution is 6.34. The fourth-order valence-corrected chi connectivity index (χ4v) is 2.09. The maximum atomic E-state index is 8.77. The van der Waals surface area contributed by atoms with Gasteiger partial charge >= 0.3 is 0 Å². The molecule has 0 atom stereocenters. The van der Waals surface area contributed by atoms with Gasteiger partial charge < -0.3 is 0 Å². The zero-order chi connectivity index (χ0) is 14.2. The molecule has 4 heteroatoms. The summed E-state index contributed by atoms with van der Waals surface area (Å²) in [4.78, 5) is 8.67. The number of nitrogens with zero attached hydrogens (tertiary/aromatic N) is 3. The lowest BCUT2D eigenvalue weighted by atomic mass is 10.1. The molecule has 3 nitrogen and oxygen atoms in total. The number of benzene rings is 1. The second kappa shape index (κ2) is 7.42. The highest BCUT2D eigenvalue weighted by Gasteiger charge is 2.07. The largest absolute Gasteiger partial charge is 0.284 e. The molecule has 0 bridgehead atoms. The summed E-state index contributed by atoms with van der Waals surface area (Å²) in [5.41, 5.74) is 2.79. The molecule has 0 saturated carbocycles. The van der Waals surface area contributed by atoms with Crippen molar-refractivity contribution in [3.63, 3.8) is 0 Å². The Balaban J connectivity index is 2.24. The van der Waals surface area contributed by atoms with E-state index >= 15 is 0 Å². The molecule has 0 N–H and O–H groups in total. The molecule has 20 heavy (non-hydrogen) atoms. The minimum absolute atomic E-state index is 0.428. The monoisotopic (exact) mass is 283 g/mol. The summed E-state index contributed by atoms with van der Waals surface area (Å²) >= 11 is 6.20. The van der Waals surface area contributed by atoms with E-state index in [2.05, 4.69) is 16.0 Å². The van der Waals surface area contributed by atoms with Crippen molar-refractivity contribution in [3.05, 3.63) is 64.9 Å². The van der Waals surface area contributed by atoms with Crippen LogP contribution in [0, 0.1) is 11.3 Å². The van der Waals surface area contributed by atoms with E-state index in [0.29, 0.717) is 24.4 Å². The predicted octanol–water partition coefficient (Wildman–Crippen LogP) is 4.03. The molecule has 0 aliphatic heterocycles. The summed E-state index contributed by atoms with van der Waals surface area (Å²) in [6.45, 7) is 0.541. The third-order valence-electron chi connectivity index (χ3n) is 2.83. The lowest BCUT2D eigenvalue weighted by Crippen LogP contribution is -2.02. The molecule has 0 amide bonds. The van der Waals surface area contributed by atoms with Crippen LogP contribution < -0.4 is 0 Å². The molecule has 1 heterocycles. The average Bonchev–Trinajstić information content (AvgIpc) is 2.49. The summed E-state index contributed by atoms with van der Waals surface area (Å²) in [6.07, 6.45) is 4.55. The number of nitriles is 1. The first-order chi connectivity index (χ1) is 9.81. The third kappa shape index (κ3) is 3.91. The molecule has 2 aromatic rings. The summed E-state index contributed by atoms with van der Waals surface area (Å²) in [5.74, 6) is 0. The van der Waals surface area contributed by atoms with E-state index in [1.807, 2.05) is 36.4 Å². The van der Waals surface area contributed by atoms with Crippen molar-refractivity contribution in [1.29, 1.82) is 5.26 Å². The van der Waals surface area contributed by atoms with Crippen LogP contribution in [0.2, 0.25) is 5.02 Å². The Morgan fingerprint density at radius 3 is 2.80 bits per heavy atom. The van der Waals surface area contributed by atoms with Gasteiger partial charge in [0.1, 0.15) is 0 Å². The molecule has 2 rings (SSSR count). The second-order valence-electron chi connectivity index (χ2n) is 4.26. The van der Waals surface area contributed by atoms with Gasteiger partial charge in [0.2, 0.25) is 0 Å². The second-order valence-corrected chi connectivity index (χ2v) is 4.67. The Labute approximate surface area is 123 Å². The lowest BCUT2D eigenvalue weighted by molar-refractivity contribution is 1.01. The Morgan fingerprint density at radius 2 is 2.10 bits per heavy atom. The quantitative estimate of drug-likeness (QED) is 0.778. The van der Waals surface area contributed by atoms with Gasteiger partial charge in [-0.2, -0.15) is 5.26 Å². The first-order valence-electron chi connectivity index (χ1n) is 6.35. The molecule has 0 fully saturated rings. The smallest absolute Gasteiger partial charge is 0.0658 e. The van der Waals surface area contributed by atoms with Gasteiger partial charge in [0.15, 0.2) is 0 Å². The van der Waals surface area contributed by atoms with Gasteiger partial charge in [-0.25, -0.2) is 0 Å². The number of hydrogen-bond donors (Lipinski definition) is 0. The highest BCUT2D eigenvalue weighted by atomic mass is 35.5. The van der Waals surface area contributed by atoms with E-state index in [4.69, 9.17) is 16.9 Å². The Morgan fingerprint density at radius 1 is 1.25 bits per heavy atom. The van der Waals surface area contributed by atoms with Crippen LogP contribution in [0.4, 0.5) is 0 Å². The number of aromatic nitrogens is 1. The van der Waals surface area contributed by atoms with Gasteiger partial charge in [-0.3, -0.25) is 9.98 Å².